The number of nitrogens with zero attached hydrogens (tertiary/aromatic N) is 1. The Morgan fingerprint density at radius 2 is 2.00 bits per heavy atom. The van der Waals surface area contributed by atoms with Gasteiger partial charge in [-0.05, 0) is 30.7 Å². The van der Waals surface area contributed by atoms with Crippen LogP contribution < -0.4 is 4.74 Å². The molecule has 0 bridgehead atoms. The maximum Gasteiger partial charge on any atom is 0.132 e. The summed E-state index contributed by atoms with van der Waals surface area (Å²) in [7, 11) is 1.66. The number of pyridine rings is 1. The van der Waals surface area contributed by atoms with Crippen molar-refractivity contribution in [1.29, 1.82) is 0 Å². The normalized spacial score (nSPS) is 12.2. The molecule has 1 unspecified atom stereocenters. The summed E-state index contributed by atoms with van der Waals surface area (Å²) >= 11 is 1.54. The van der Waals surface area contributed by atoms with Gasteiger partial charge in [0.25, 0.3) is 0 Å². The number of aromatic nitrogens is 1. The van der Waals surface area contributed by atoms with Gasteiger partial charge in [-0.1, -0.05) is 30.0 Å². The smallest absolute Gasteiger partial charge is 0.132 e. The minimum Gasteiger partial charge on any atom is -0.496 e. The lowest BCUT2D eigenvalue weighted by molar-refractivity contribution is 0.198. The Morgan fingerprint density at radius 1 is 1.22 bits per heavy atom. The van der Waals surface area contributed by atoms with Gasteiger partial charge < -0.3 is 9.84 Å². The van der Waals surface area contributed by atoms with Crippen LogP contribution in [0.2, 0.25) is 0 Å². The fraction of sp³-hybridized carbons (Fsp3) is 0.214. The first-order chi connectivity index (χ1) is 8.70. The van der Waals surface area contributed by atoms with Gasteiger partial charge in [-0.15, -0.1) is 0 Å². The molecule has 0 saturated carbocycles. The van der Waals surface area contributed by atoms with Crippen molar-refractivity contribution < 1.29 is 9.84 Å². The highest BCUT2D eigenvalue weighted by Crippen LogP contribution is 2.33. The quantitative estimate of drug-likeness (QED) is 0.917. The standard InChI is InChI=1S/C14H15NO2S/c1-10(16)11-7-8-14(15-9-11)18-13-6-4-3-5-12(13)17-2/h3-10,16H,1-2H3. The van der Waals surface area contributed by atoms with Crippen molar-refractivity contribution in [2.45, 2.75) is 22.9 Å². The minimum atomic E-state index is -0.484. The van der Waals surface area contributed by atoms with Crippen molar-refractivity contribution in [1.82, 2.24) is 4.98 Å². The molecule has 0 radical (unpaired) electrons. The Labute approximate surface area is 111 Å². The molecule has 0 aliphatic carbocycles. The SMILES string of the molecule is COc1ccccc1Sc1ccc(C(C)O)cn1. The minimum absolute atomic E-state index is 0.484. The van der Waals surface area contributed by atoms with Crippen LogP contribution in [0.5, 0.6) is 5.75 Å². The number of methoxy groups -OCH3 is 1. The maximum atomic E-state index is 9.42. The summed E-state index contributed by atoms with van der Waals surface area (Å²) in [5.41, 5.74) is 0.819. The monoisotopic (exact) mass is 261 g/mol. The third-order valence-electron chi connectivity index (χ3n) is 2.53. The average molecular weight is 261 g/mol. The molecule has 1 heterocycles. The Bertz CT molecular complexity index is 511. The van der Waals surface area contributed by atoms with E-state index in [1.54, 1.807) is 32.0 Å². The fourth-order valence-electron chi connectivity index (χ4n) is 1.52. The third kappa shape index (κ3) is 3.03. The van der Waals surface area contributed by atoms with Crippen LogP contribution >= 0.6 is 11.8 Å². The summed E-state index contributed by atoms with van der Waals surface area (Å²) in [6.45, 7) is 1.73. The lowest BCUT2D eigenvalue weighted by atomic mass is 10.2. The van der Waals surface area contributed by atoms with Crippen molar-refractivity contribution in [3.8, 4) is 5.75 Å². The molecule has 2 rings (SSSR count). The van der Waals surface area contributed by atoms with Crippen LogP contribution in [-0.2, 0) is 0 Å². The molecular weight excluding hydrogens is 246 g/mol. The molecule has 1 N–H and O–H groups in total. The predicted octanol–water partition coefficient (Wildman–Crippen LogP) is 3.29. The first-order valence-corrected chi connectivity index (χ1v) is 6.47. The molecule has 0 fully saturated rings. The molecule has 1 aromatic heterocycles. The van der Waals surface area contributed by atoms with Crippen molar-refractivity contribution in [2.24, 2.45) is 0 Å². The Hall–Kier alpha value is -1.52. The van der Waals surface area contributed by atoms with Crippen LogP contribution in [0.15, 0.2) is 52.5 Å². The number of benzene rings is 1. The zero-order chi connectivity index (χ0) is 13.0. The molecule has 94 valence electrons. The Balaban J connectivity index is 2.18. The second-order valence-corrected chi connectivity index (χ2v) is 4.92. The van der Waals surface area contributed by atoms with E-state index in [0.29, 0.717) is 0 Å². The van der Waals surface area contributed by atoms with Crippen molar-refractivity contribution in [2.75, 3.05) is 7.11 Å². The second-order valence-electron chi connectivity index (χ2n) is 3.86. The predicted molar refractivity (Wildman–Crippen MR) is 72.0 cm³/mol. The highest BCUT2D eigenvalue weighted by Gasteiger charge is 2.06. The largest absolute Gasteiger partial charge is 0.496 e. The average Bonchev–Trinajstić information content (AvgIpc) is 2.40. The highest BCUT2D eigenvalue weighted by molar-refractivity contribution is 7.99. The van der Waals surface area contributed by atoms with Gasteiger partial charge in [-0.3, -0.25) is 0 Å². The van der Waals surface area contributed by atoms with Gasteiger partial charge in [-0.2, -0.15) is 0 Å². The number of rotatable bonds is 4. The Kier molecular flexibility index (Phi) is 4.23. The van der Waals surface area contributed by atoms with Crippen molar-refractivity contribution >= 4 is 11.8 Å². The molecule has 1 aromatic carbocycles. The molecule has 1 atom stereocenters. The lowest BCUT2D eigenvalue weighted by Crippen LogP contribution is -1.92. The van der Waals surface area contributed by atoms with Crippen molar-refractivity contribution in [3.05, 3.63) is 48.2 Å². The van der Waals surface area contributed by atoms with E-state index in [4.69, 9.17) is 4.74 Å². The summed E-state index contributed by atoms with van der Waals surface area (Å²) in [5, 5.41) is 10.3. The zero-order valence-electron chi connectivity index (χ0n) is 10.3. The number of para-hydroxylation sites is 1. The Morgan fingerprint density at radius 3 is 2.61 bits per heavy atom. The van der Waals surface area contributed by atoms with Gasteiger partial charge in [-0.25, -0.2) is 4.98 Å². The van der Waals surface area contributed by atoms with Gasteiger partial charge >= 0.3 is 0 Å². The summed E-state index contributed by atoms with van der Waals surface area (Å²) in [5.74, 6) is 0.837. The summed E-state index contributed by atoms with van der Waals surface area (Å²) < 4.78 is 5.29. The molecule has 0 amide bonds. The van der Waals surface area contributed by atoms with E-state index < -0.39 is 6.10 Å². The maximum absolute atomic E-state index is 9.42. The van der Waals surface area contributed by atoms with Gasteiger partial charge in [0, 0.05) is 6.20 Å². The molecule has 18 heavy (non-hydrogen) atoms. The fourth-order valence-corrected chi connectivity index (χ4v) is 2.38. The van der Waals surface area contributed by atoms with E-state index in [1.165, 1.54) is 0 Å². The van der Waals surface area contributed by atoms with E-state index >= 15 is 0 Å². The topological polar surface area (TPSA) is 42.4 Å². The van der Waals surface area contributed by atoms with Crippen LogP contribution in [0.3, 0.4) is 0 Å². The number of ether oxygens (including phenoxy) is 1. The molecule has 4 heteroatoms. The lowest BCUT2D eigenvalue weighted by Gasteiger charge is -2.08. The third-order valence-corrected chi connectivity index (χ3v) is 3.53. The van der Waals surface area contributed by atoms with Crippen LogP contribution in [0.4, 0.5) is 0 Å². The van der Waals surface area contributed by atoms with Gasteiger partial charge in [0.2, 0.25) is 0 Å². The molecule has 0 aliphatic rings. The van der Waals surface area contributed by atoms with E-state index in [2.05, 4.69) is 4.98 Å². The second kappa shape index (κ2) is 5.89. The highest BCUT2D eigenvalue weighted by atomic mass is 32.2. The van der Waals surface area contributed by atoms with Crippen LogP contribution in [0.1, 0.15) is 18.6 Å². The van der Waals surface area contributed by atoms with E-state index in [1.807, 2.05) is 36.4 Å². The summed E-state index contributed by atoms with van der Waals surface area (Å²) in [4.78, 5) is 5.34. The molecule has 0 saturated heterocycles. The molecular formula is C14H15NO2S. The molecule has 2 aromatic rings. The van der Waals surface area contributed by atoms with E-state index in [0.717, 1.165) is 21.2 Å². The van der Waals surface area contributed by atoms with E-state index in [-0.39, 0.29) is 0 Å². The number of hydrogen-bond donors (Lipinski definition) is 1. The molecule has 3 nitrogen and oxygen atoms in total. The van der Waals surface area contributed by atoms with Crippen LogP contribution in [0.25, 0.3) is 0 Å². The molecule has 0 aliphatic heterocycles. The molecule has 0 spiro atoms. The summed E-state index contributed by atoms with van der Waals surface area (Å²) in [6.07, 6.45) is 1.21. The van der Waals surface area contributed by atoms with Crippen LogP contribution in [-0.4, -0.2) is 17.2 Å². The number of aliphatic hydroxyl groups is 1. The van der Waals surface area contributed by atoms with Gasteiger partial charge in [0.1, 0.15) is 10.8 Å². The van der Waals surface area contributed by atoms with Crippen molar-refractivity contribution in [3.63, 3.8) is 0 Å². The number of aliphatic hydroxyl groups excluding tert-OH is 1. The summed E-state index contributed by atoms with van der Waals surface area (Å²) in [6, 6.07) is 11.6. The van der Waals surface area contributed by atoms with Gasteiger partial charge in [0.15, 0.2) is 0 Å². The first kappa shape index (κ1) is 12.9. The van der Waals surface area contributed by atoms with Gasteiger partial charge in [0.05, 0.1) is 18.1 Å². The first-order valence-electron chi connectivity index (χ1n) is 5.65. The number of hydrogen-bond acceptors (Lipinski definition) is 4. The zero-order valence-corrected chi connectivity index (χ0v) is 11.1. The van der Waals surface area contributed by atoms with E-state index in [9.17, 15) is 5.11 Å². The van der Waals surface area contributed by atoms with Crippen LogP contribution in [0, 0.1) is 0 Å².